The normalized spacial score (nSPS) is 42.7. The number of aliphatic hydroxyl groups is 1. The minimum atomic E-state index is -0.0781. The largest absolute Gasteiger partial charge is 0.393 e. The number of hydrogen-bond acceptors (Lipinski definition) is 1. The van der Waals surface area contributed by atoms with Gasteiger partial charge in [0.2, 0.25) is 0 Å². The summed E-state index contributed by atoms with van der Waals surface area (Å²) < 4.78 is 0. The number of rotatable bonds is 1. The molecule has 1 rings (SSSR count). The summed E-state index contributed by atoms with van der Waals surface area (Å²) in [6, 6.07) is 0. The Kier molecular flexibility index (Phi) is 2.94. The van der Waals surface area contributed by atoms with E-state index in [1.165, 1.54) is 5.57 Å². The summed E-state index contributed by atoms with van der Waals surface area (Å²) in [6.45, 7) is 10.6. The van der Waals surface area contributed by atoms with Crippen molar-refractivity contribution in [3.8, 4) is 0 Å². The van der Waals surface area contributed by atoms with Crippen molar-refractivity contribution < 1.29 is 5.11 Å². The second-order valence-electron chi connectivity index (χ2n) is 4.45. The Morgan fingerprint density at radius 3 is 2.00 bits per heavy atom. The van der Waals surface area contributed by atoms with Crippen LogP contribution in [0.2, 0.25) is 0 Å². The van der Waals surface area contributed by atoms with E-state index in [0.717, 1.165) is 12.8 Å². The summed E-state index contributed by atoms with van der Waals surface area (Å²) in [4.78, 5) is 0. The first kappa shape index (κ1) is 9.79. The maximum absolute atomic E-state index is 9.52. The molecular weight excluding hydrogens is 148 g/mol. The average molecular weight is 168 g/mol. The first-order valence-corrected chi connectivity index (χ1v) is 4.85. The lowest BCUT2D eigenvalue weighted by Gasteiger charge is -2.37. The van der Waals surface area contributed by atoms with Gasteiger partial charge < -0.3 is 5.11 Å². The third-order valence-electron chi connectivity index (χ3n) is 3.08. The fourth-order valence-electron chi connectivity index (χ4n) is 2.78. The Bertz CT molecular complexity index is 162. The summed E-state index contributed by atoms with van der Waals surface area (Å²) >= 11 is 0. The van der Waals surface area contributed by atoms with Crippen LogP contribution < -0.4 is 0 Å². The quantitative estimate of drug-likeness (QED) is 0.597. The Morgan fingerprint density at radius 2 is 1.67 bits per heavy atom. The van der Waals surface area contributed by atoms with Crippen LogP contribution >= 0.6 is 0 Å². The molecule has 0 bridgehead atoms. The smallest absolute Gasteiger partial charge is 0.0545 e. The molecule has 0 aliphatic heterocycles. The molecule has 1 saturated carbocycles. The Morgan fingerprint density at radius 1 is 1.25 bits per heavy atom. The second-order valence-corrected chi connectivity index (χ2v) is 4.45. The minimum absolute atomic E-state index is 0.0781. The summed E-state index contributed by atoms with van der Waals surface area (Å²) in [7, 11) is 0. The van der Waals surface area contributed by atoms with Crippen molar-refractivity contribution in [1.29, 1.82) is 0 Å². The van der Waals surface area contributed by atoms with E-state index in [-0.39, 0.29) is 6.10 Å². The van der Waals surface area contributed by atoms with Crippen molar-refractivity contribution in [2.45, 2.75) is 39.7 Å². The molecule has 0 radical (unpaired) electrons. The van der Waals surface area contributed by atoms with Gasteiger partial charge in [0.05, 0.1) is 6.10 Å². The van der Waals surface area contributed by atoms with Crippen molar-refractivity contribution in [2.24, 2.45) is 17.8 Å². The van der Waals surface area contributed by atoms with Gasteiger partial charge in [-0.1, -0.05) is 26.0 Å². The molecule has 0 aromatic carbocycles. The molecule has 1 aliphatic carbocycles. The van der Waals surface area contributed by atoms with Gasteiger partial charge in [0.1, 0.15) is 0 Å². The van der Waals surface area contributed by atoms with Gasteiger partial charge in [-0.25, -0.2) is 0 Å². The highest BCUT2D eigenvalue weighted by Gasteiger charge is 2.32. The molecule has 2 atom stereocenters. The second kappa shape index (κ2) is 3.61. The molecule has 0 heterocycles. The summed E-state index contributed by atoms with van der Waals surface area (Å²) in [5.41, 5.74) is 1.28. The molecule has 0 aromatic heterocycles. The highest BCUT2D eigenvalue weighted by molar-refractivity contribution is 5.03. The van der Waals surface area contributed by atoms with Crippen LogP contribution in [0.3, 0.4) is 0 Å². The van der Waals surface area contributed by atoms with Crippen LogP contribution in [0.25, 0.3) is 0 Å². The lowest BCUT2D eigenvalue weighted by Crippen LogP contribution is -2.32. The Balaban J connectivity index is 2.66. The highest BCUT2D eigenvalue weighted by Crippen LogP contribution is 2.38. The zero-order chi connectivity index (χ0) is 9.30. The van der Waals surface area contributed by atoms with Crippen LogP contribution in [0.5, 0.6) is 0 Å². The zero-order valence-corrected chi connectivity index (χ0v) is 8.38. The van der Waals surface area contributed by atoms with Gasteiger partial charge in [0.15, 0.2) is 0 Å². The predicted molar refractivity (Wildman–Crippen MR) is 51.9 cm³/mol. The van der Waals surface area contributed by atoms with Gasteiger partial charge in [-0.15, -0.1) is 0 Å². The third-order valence-corrected chi connectivity index (χ3v) is 3.08. The van der Waals surface area contributed by atoms with E-state index in [9.17, 15) is 5.11 Å². The van der Waals surface area contributed by atoms with Crippen LogP contribution in [0.1, 0.15) is 33.6 Å². The van der Waals surface area contributed by atoms with Gasteiger partial charge in [-0.2, -0.15) is 0 Å². The van der Waals surface area contributed by atoms with E-state index < -0.39 is 0 Å². The first-order chi connectivity index (χ1) is 5.52. The highest BCUT2D eigenvalue weighted by atomic mass is 16.3. The maximum Gasteiger partial charge on any atom is 0.0545 e. The zero-order valence-electron chi connectivity index (χ0n) is 8.38. The van der Waals surface area contributed by atoms with Crippen LogP contribution in [-0.4, -0.2) is 11.2 Å². The molecule has 1 heteroatoms. The van der Waals surface area contributed by atoms with E-state index >= 15 is 0 Å². The lowest BCUT2D eigenvalue weighted by atomic mass is 9.70. The van der Waals surface area contributed by atoms with Crippen molar-refractivity contribution in [1.82, 2.24) is 0 Å². The SMILES string of the molecule is C=C(C)C1C(C)CC(O)CC1C. The van der Waals surface area contributed by atoms with Gasteiger partial charge in [-0.3, -0.25) is 0 Å². The maximum atomic E-state index is 9.52. The van der Waals surface area contributed by atoms with Gasteiger partial charge >= 0.3 is 0 Å². The van der Waals surface area contributed by atoms with Crippen molar-refractivity contribution >= 4 is 0 Å². The summed E-state index contributed by atoms with van der Waals surface area (Å²) in [5, 5.41) is 9.52. The fourth-order valence-corrected chi connectivity index (χ4v) is 2.78. The molecule has 70 valence electrons. The number of allylic oxidation sites excluding steroid dienone is 1. The Hall–Kier alpha value is -0.300. The van der Waals surface area contributed by atoms with Crippen LogP contribution in [0.4, 0.5) is 0 Å². The van der Waals surface area contributed by atoms with Gasteiger partial charge in [-0.05, 0) is 37.5 Å². The molecule has 0 saturated heterocycles. The van der Waals surface area contributed by atoms with E-state index in [0.29, 0.717) is 17.8 Å². The molecule has 1 N–H and O–H groups in total. The van der Waals surface area contributed by atoms with E-state index in [4.69, 9.17) is 0 Å². The third kappa shape index (κ3) is 1.89. The minimum Gasteiger partial charge on any atom is -0.393 e. The summed E-state index contributed by atoms with van der Waals surface area (Å²) in [5.74, 6) is 1.82. The average Bonchev–Trinajstić information content (AvgIpc) is 1.82. The van der Waals surface area contributed by atoms with Gasteiger partial charge in [0.25, 0.3) is 0 Å². The van der Waals surface area contributed by atoms with Crippen LogP contribution in [-0.2, 0) is 0 Å². The number of hydrogen-bond donors (Lipinski definition) is 1. The molecule has 0 spiro atoms. The number of aliphatic hydroxyl groups excluding tert-OH is 1. The predicted octanol–water partition coefficient (Wildman–Crippen LogP) is 2.61. The topological polar surface area (TPSA) is 20.2 Å². The van der Waals surface area contributed by atoms with Gasteiger partial charge in [0, 0.05) is 0 Å². The van der Waals surface area contributed by atoms with E-state index in [1.54, 1.807) is 0 Å². The monoisotopic (exact) mass is 168 g/mol. The van der Waals surface area contributed by atoms with Crippen LogP contribution in [0.15, 0.2) is 12.2 Å². The fraction of sp³-hybridized carbons (Fsp3) is 0.818. The molecule has 0 amide bonds. The molecule has 1 aliphatic rings. The van der Waals surface area contributed by atoms with Crippen LogP contribution in [0, 0.1) is 17.8 Å². The lowest BCUT2D eigenvalue weighted by molar-refractivity contribution is 0.0527. The molecule has 1 fully saturated rings. The van der Waals surface area contributed by atoms with Crippen molar-refractivity contribution in [3.05, 3.63) is 12.2 Å². The molecule has 0 aromatic rings. The molecule has 1 nitrogen and oxygen atoms in total. The first-order valence-electron chi connectivity index (χ1n) is 4.85. The van der Waals surface area contributed by atoms with E-state index in [2.05, 4.69) is 27.4 Å². The van der Waals surface area contributed by atoms with E-state index in [1.807, 2.05) is 0 Å². The summed E-state index contributed by atoms with van der Waals surface area (Å²) in [6.07, 6.45) is 1.81. The van der Waals surface area contributed by atoms with Crippen molar-refractivity contribution in [2.75, 3.05) is 0 Å². The molecular formula is C11H20O. The molecule has 2 unspecified atom stereocenters. The van der Waals surface area contributed by atoms with Crippen molar-refractivity contribution in [3.63, 3.8) is 0 Å². The Labute approximate surface area is 75.5 Å². The molecule has 12 heavy (non-hydrogen) atoms. The standard InChI is InChI=1S/C11H20O/c1-7(2)11-8(3)5-10(12)6-9(11)4/h8-12H,1,5-6H2,2-4H3.